The minimum absolute atomic E-state index is 0.0486. The van der Waals surface area contributed by atoms with Gasteiger partial charge >= 0.3 is 23.9 Å². The molecule has 0 amide bonds. The molecule has 0 radical (unpaired) electrons. The molecule has 12 nitrogen and oxygen atoms in total. The van der Waals surface area contributed by atoms with E-state index in [0.29, 0.717) is 19.3 Å². The molecule has 1 heterocycles. The minimum Gasteiger partial charge on any atom is -0.479 e. The Kier molecular flexibility index (Phi) is 51.7. The van der Waals surface area contributed by atoms with Gasteiger partial charge < -0.3 is 39.0 Å². The summed E-state index contributed by atoms with van der Waals surface area (Å²) < 4.78 is 28.5. The normalized spacial score (nSPS) is 18.4. The van der Waals surface area contributed by atoms with E-state index in [0.717, 1.165) is 154 Å². The molecule has 6 unspecified atom stereocenters. The van der Waals surface area contributed by atoms with Crippen LogP contribution >= 0.6 is 0 Å². The third-order valence-corrected chi connectivity index (χ3v) is 14.1. The Labute approximate surface area is 492 Å². The number of carbonyl (C=O) groups excluding carboxylic acids is 3. The van der Waals surface area contributed by atoms with Crippen molar-refractivity contribution in [3.63, 3.8) is 0 Å². The van der Waals surface area contributed by atoms with E-state index >= 15 is 0 Å². The maximum absolute atomic E-state index is 13.2. The number of carboxylic acid groups (broad SMARTS) is 1. The van der Waals surface area contributed by atoms with E-state index in [1.54, 1.807) is 0 Å². The zero-order chi connectivity index (χ0) is 58.9. The molecule has 0 bridgehead atoms. The van der Waals surface area contributed by atoms with E-state index in [2.05, 4.69) is 118 Å². The lowest BCUT2D eigenvalue weighted by molar-refractivity contribution is -0.301. The van der Waals surface area contributed by atoms with Gasteiger partial charge in [-0.05, 0) is 116 Å². The molecule has 462 valence electrons. The number of esters is 3. The fourth-order valence-corrected chi connectivity index (χ4v) is 9.25. The van der Waals surface area contributed by atoms with Crippen molar-refractivity contribution in [3.05, 3.63) is 97.2 Å². The van der Waals surface area contributed by atoms with Crippen molar-refractivity contribution < 1.29 is 58.2 Å². The molecule has 0 aromatic rings. The zero-order valence-electron chi connectivity index (χ0n) is 51.0. The third-order valence-electron chi connectivity index (χ3n) is 14.1. The van der Waals surface area contributed by atoms with E-state index in [1.807, 2.05) is 0 Å². The Hall–Kier alpha value is -4.36. The molecule has 0 aromatic carbocycles. The van der Waals surface area contributed by atoms with Crippen molar-refractivity contribution in [1.82, 2.24) is 0 Å². The van der Waals surface area contributed by atoms with Gasteiger partial charge in [-0.25, -0.2) is 4.79 Å². The second-order valence-electron chi connectivity index (χ2n) is 21.6. The largest absolute Gasteiger partial charge is 0.479 e. The predicted octanol–water partition coefficient (Wildman–Crippen LogP) is 17.2. The molecule has 81 heavy (non-hydrogen) atoms. The second kappa shape index (κ2) is 56.1. The molecule has 0 saturated carbocycles. The SMILES string of the molecule is CC/C=C\C/C=C\C/C=C\C/C=C\CCCCCCC(=O)OCC(COC1OC(C(=O)O)C(O)C(O)C1OC(=O)CCCCCCCCC/C=C\CCCCCCCC)OC(=O)CCCCCCCCC/C=C\C/C=C\C/C=C\CC. The number of allylic oxidation sites excluding steroid dienone is 16. The van der Waals surface area contributed by atoms with Crippen LogP contribution in [-0.4, -0.2) is 89.2 Å². The van der Waals surface area contributed by atoms with Gasteiger partial charge in [0.1, 0.15) is 18.8 Å². The number of carbonyl (C=O) groups is 4. The van der Waals surface area contributed by atoms with E-state index in [4.69, 9.17) is 23.7 Å². The van der Waals surface area contributed by atoms with Gasteiger partial charge in [-0.3, -0.25) is 14.4 Å². The molecule has 3 N–H and O–H groups in total. The van der Waals surface area contributed by atoms with Crippen LogP contribution in [0.2, 0.25) is 0 Å². The summed E-state index contributed by atoms with van der Waals surface area (Å²) in [5, 5.41) is 31.6. The lowest BCUT2D eigenvalue weighted by Crippen LogP contribution is -2.61. The standard InChI is InChI=1S/C69H114O12/c1-4-7-10-13-16-19-22-25-28-31-34-37-40-43-46-49-52-55-61(70)77-58-60(79-62(71)56-53-50-47-44-41-38-35-32-29-26-23-20-17-14-11-8-5-2)59-78-69-67(65(74)64(73)66(81-69)68(75)76)80-63(72)57-54-51-48-45-42-39-36-33-30-27-24-21-18-15-12-9-6-3/h7-8,10-11,16-17,19-20,25-30,34,37,60,64-67,69,73-74H,4-6,9,12-15,18,21-24,31-33,35-36,38-59H2,1-3H3,(H,75,76)/b10-7-,11-8-,19-16-,20-17-,28-25-,29-26-,30-27-,37-34-. The highest BCUT2D eigenvalue weighted by atomic mass is 16.7. The lowest BCUT2D eigenvalue weighted by atomic mass is 9.98. The summed E-state index contributed by atoms with van der Waals surface area (Å²) in [5.74, 6) is -3.17. The minimum atomic E-state index is -1.91. The quantitative estimate of drug-likeness (QED) is 0.0228. The van der Waals surface area contributed by atoms with E-state index in [9.17, 15) is 34.5 Å². The molecule has 6 atom stereocenters. The van der Waals surface area contributed by atoms with Gasteiger partial charge in [-0.15, -0.1) is 0 Å². The highest BCUT2D eigenvalue weighted by molar-refractivity contribution is 5.74. The number of aliphatic hydroxyl groups excluding tert-OH is 2. The maximum atomic E-state index is 13.2. The first-order valence-electron chi connectivity index (χ1n) is 32.2. The van der Waals surface area contributed by atoms with Crippen LogP contribution in [0.5, 0.6) is 0 Å². The van der Waals surface area contributed by atoms with Crippen molar-refractivity contribution in [2.24, 2.45) is 0 Å². The van der Waals surface area contributed by atoms with Crippen molar-refractivity contribution >= 4 is 23.9 Å². The number of hydrogen-bond acceptors (Lipinski definition) is 11. The summed E-state index contributed by atoms with van der Waals surface area (Å²) in [4.78, 5) is 51.3. The summed E-state index contributed by atoms with van der Waals surface area (Å²) >= 11 is 0. The van der Waals surface area contributed by atoms with Gasteiger partial charge in [0.05, 0.1) is 6.61 Å². The molecular weight excluding hydrogens is 1020 g/mol. The molecular formula is C69H114O12. The first kappa shape index (κ1) is 74.7. The van der Waals surface area contributed by atoms with E-state index < -0.39 is 67.3 Å². The lowest BCUT2D eigenvalue weighted by Gasteiger charge is -2.40. The molecule has 0 aromatic heterocycles. The number of hydrogen-bond donors (Lipinski definition) is 3. The summed E-state index contributed by atoms with van der Waals surface area (Å²) in [5.41, 5.74) is 0. The molecule has 1 aliphatic rings. The van der Waals surface area contributed by atoms with Crippen LogP contribution < -0.4 is 0 Å². The van der Waals surface area contributed by atoms with Crippen LogP contribution in [0.15, 0.2) is 97.2 Å². The van der Waals surface area contributed by atoms with Crippen molar-refractivity contribution in [1.29, 1.82) is 0 Å². The molecule has 1 aliphatic heterocycles. The number of ether oxygens (including phenoxy) is 5. The first-order valence-corrected chi connectivity index (χ1v) is 32.2. The van der Waals surface area contributed by atoms with Gasteiger partial charge in [0.25, 0.3) is 0 Å². The number of carboxylic acids is 1. The number of unbranched alkanes of at least 4 members (excludes halogenated alkanes) is 24. The number of aliphatic carboxylic acids is 1. The molecule has 0 spiro atoms. The monoisotopic (exact) mass is 1130 g/mol. The second-order valence-corrected chi connectivity index (χ2v) is 21.6. The van der Waals surface area contributed by atoms with Crippen molar-refractivity contribution in [2.75, 3.05) is 13.2 Å². The number of rotatable bonds is 54. The van der Waals surface area contributed by atoms with Crippen LogP contribution in [0.4, 0.5) is 0 Å². The smallest absolute Gasteiger partial charge is 0.335 e. The Morgan fingerprint density at radius 2 is 0.778 bits per heavy atom. The Morgan fingerprint density at radius 1 is 0.420 bits per heavy atom. The fraction of sp³-hybridized carbons (Fsp3) is 0.710. The highest BCUT2D eigenvalue weighted by Crippen LogP contribution is 2.26. The van der Waals surface area contributed by atoms with Gasteiger partial charge in [0.15, 0.2) is 24.6 Å². The summed E-state index contributed by atoms with van der Waals surface area (Å²) in [7, 11) is 0. The van der Waals surface area contributed by atoms with Gasteiger partial charge in [-0.2, -0.15) is 0 Å². The Morgan fingerprint density at radius 3 is 1.20 bits per heavy atom. The van der Waals surface area contributed by atoms with E-state index in [-0.39, 0.29) is 25.9 Å². The highest BCUT2D eigenvalue weighted by Gasteiger charge is 2.50. The molecule has 1 fully saturated rings. The maximum Gasteiger partial charge on any atom is 0.335 e. The molecule has 12 heteroatoms. The molecule has 0 aliphatic carbocycles. The summed E-state index contributed by atoms with van der Waals surface area (Å²) in [6.07, 6.45) is 62.2. The van der Waals surface area contributed by atoms with Crippen LogP contribution in [-0.2, 0) is 42.9 Å². The van der Waals surface area contributed by atoms with Gasteiger partial charge in [0, 0.05) is 19.3 Å². The summed E-state index contributed by atoms with van der Waals surface area (Å²) in [6, 6.07) is 0. The van der Waals surface area contributed by atoms with Gasteiger partial charge in [-0.1, -0.05) is 227 Å². The zero-order valence-corrected chi connectivity index (χ0v) is 51.0. The van der Waals surface area contributed by atoms with Crippen LogP contribution in [0.1, 0.15) is 265 Å². The molecule has 1 rings (SSSR count). The third kappa shape index (κ3) is 45.8. The van der Waals surface area contributed by atoms with Crippen molar-refractivity contribution in [2.45, 2.75) is 302 Å². The van der Waals surface area contributed by atoms with Crippen LogP contribution in [0.25, 0.3) is 0 Å². The predicted molar refractivity (Wildman–Crippen MR) is 331 cm³/mol. The number of aliphatic hydroxyl groups is 2. The fourth-order valence-electron chi connectivity index (χ4n) is 9.25. The van der Waals surface area contributed by atoms with Gasteiger partial charge in [0.2, 0.25) is 0 Å². The Bertz CT molecular complexity index is 1780. The van der Waals surface area contributed by atoms with Crippen molar-refractivity contribution in [3.8, 4) is 0 Å². The Balaban J connectivity index is 2.69. The average Bonchev–Trinajstić information content (AvgIpc) is 3.53. The molecule has 1 saturated heterocycles. The summed E-state index contributed by atoms with van der Waals surface area (Å²) in [6.45, 7) is 5.75. The van der Waals surface area contributed by atoms with E-state index in [1.165, 1.54) is 51.4 Å². The van der Waals surface area contributed by atoms with Crippen LogP contribution in [0.3, 0.4) is 0 Å². The van der Waals surface area contributed by atoms with Crippen LogP contribution in [0, 0.1) is 0 Å². The average molecular weight is 1140 g/mol. The first-order chi connectivity index (χ1) is 39.6. The topological polar surface area (TPSA) is 175 Å².